The van der Waals surface area contributed by atoms with Gasteiger partial charge in [-0.15, -0.1) is 0 Å². The van der Waals surface area contributed by atoms with E-state index in [1.165, 1.54) is 11.3 Å². The molecule has 2 aromatic rings. The normalized spacial score (nSPS) is 15.6. The number of aromatic nitrogens is 1. The van der Waals surface area contributed by atoms with Crippen molar-refractivity contribution in [1.82, 2.24) is 4.98 Å². The van der Waals surface area contributed by atoms with Crippen molar-refractivity contribution < 1.29 is 4.39 Å². The molecule has 2 heteroatoms. The van der Waals surface area contributed by atoms with Gasteiger partial charge in [-0.05, 0) is 55.9 Å². The Morgan fingerprint density at radius 3 is 3.13 bits per heavy atom. The van der Waals surface area contributed by atoms with Gasteiger partial charge in [-0.2, -0.15) is 0 Å². The monoisotopic (exact) mass is 201 g/mol. The Bertz CT molecular complexity index is 525. The van der Waals surface area contributed by atoms with E-state index in [2.05, 4.69) is 11.4 Å². The first kappa shape index (κ1) is 8.96. The molecule has 1 aliphatic carbocycles. The highest BCUT2D eigenvalue weighted by Gasteiger charge is 2.16. The maximum atomic E-state index is 13.4. The Hall–Kier alpha value is -1.31. The Morgan fingerprint density at radius 2 is 2.27 bits per heavy atom. The average molecular weight is 201 g/mol. The van der Waals surface area contributed by atoms with Crippen LogP contribution in [0.2, 0.25) is 0 Å². The third-order valence-corrected chi connectivity index (χ3v) is 3.13. The van der Waals surface area contributed by atoms with E-state index in [1.54, 1.807) is 6.07 Å². The van der Waals surface area contributed by atoms with Crippen molar-refractivity contribution >= 4 is 10.9 Å². The van der Waals surface area contributed by atoms with Crippen molar-refractivity contribution in [3.8, 4) is 0 Å². The molecule has 0 spiro atoms. The summed E-state index contributed by atoms with van der Waals surface area (Å²) in [6, 6.07) is 3.54. The summed E-state index contributed by atoms with van der Waals surface area (Å²) in [5, 5.41) is 1.16. The molecule has 0 saturated heterocycles. The number of benzene rings is 1. The minimum Gasteiger partial charge on any atom is -0.358 e. The second-order valence-electron chi connectivity index (χ2n) is 4.16. The van der Waals surface area contributed by atoms with Crippen LogP contribution in [0.3, 0.4) is 0 Å². The zero-order valence-electron chi connectivity index (χ0n) is 8.65. The lowest BCUT2D eigenvalue weighted by Gasteiger charge is -2.09. The minimum atomic E-state index is -0.131. The fourth-order valence-corrected chi connectivity index (χ4v) is 2.28. The van der Waals surface area contributed by atoms with Gasteiger partial charge < -0.3 is 4.98 Å². The first-order valence-corrected chi connectivity index (χ1v) is 5.26. The summed E-state index contributed by atoms with van der Waals surface area (Å²) < 4.78 is 13.4. The molecule has 76 valence electrons. The number of aryl methyl sites for hydroxylation is 2. The molecule has 1 aromatic carbocycles. The molecule has 1 nitrogen and oxygen atoms in total. The van der Waals surface area contributed by atoms with Crippen LogP contribution < -0.4 is 0 Å². The van der Waals surface area contributed by atoms with Crippen LogP contribution in [0.1, 0.15) is 23.2 Å². The molecular weight excluding hydrogens is 189 g/mol. The maximum Gasteiger partial charge on any atom is 0.128 e. The van der Waals surface area contributed by atoms with Crippen LogP contribution in [0.4, 0.5) is 4.39 Å². The van der Waals surface area contributed by atoms with Gasteiger partial charge in [0.2, 0.25) is 0 Å². The summed E-state index contributed by atoms with van der Waals surface area (Å²) in [6.07, 6.45) is 6.23. The standard InChI is InChI=1S/C13H12FN/c1-8-6-10-9-4-2-3-5-12(9)15-13(10)7-11(8)14/h6-7,15H,3-5H2,1H3. The number of aromatic amines is 1. The summed E-state index contributed by atoms with van der Waals surface area (Å²) in [6.45, 7) is 1.81. The minimum absolute atomic E-state index is 0.131. The largest absolute Gasteiger partial charge is 0.358 e. The Balaban J connectivity index is 2.33. The molecule has 0 bridgehead atoms. The summed E-state index contributed by atoms with van der Waals surface area (Å²) >= 11 is 0. The topological polar surface area (TPSA) is 15.8 Å². The van der Waals surface area contributed by atoms with Crippen LogP contribution in [-0.4, -0.2) is 4.98 Å². The first-order chi connectivity index (χ1) is 7.25. The Labute approximate surface area is 88.3 Å². The van der Waals surface area contributed by atoms with E-state index in [0.717, 1.165) is 35.7 Å². The SMILES string of the molecule is Cc1cc2c3c([nH]c2cc1F)CC[C]C3. The lowest BCUT2D eigenvalue weighted by Crippen LogP contribution is -2.00. The van der Waals surface area contributed by atoms with Crippen molar-refractivity contribution in [1.29, 1.82) is 0 Å². The van der Waals surface area contributed by atoms with E-state index >= 15 is 0 Å². The van der Waals surface area contributed by atoms with Crippen LogP contribution in [0.5, 0.6) is 0 Å². The molecule has 1 heterocycles. The molecule has 0 atom stereocenters. The molecule has 15 heavy (non-hydrogen) atoms. The molecular formula is C13H12FN. The van der Waals surface area contributed by atoms with Gasteiger partial charge in [0.05, 0.1) is 0 Å². The average Bonchev–Trinajstić information content (AvgIpc) is 2.57. The number of hydrogen-bond acceptors (Lipinski definition) is 0. The second kappa shape index (κ2) is 3.09. The molecule has 0 saturated carbocycles. The molecule has 0 fully saturated rings. The first-order valence-electron chi connectivity index (χ1n) is 5.26. The predicted octanol–water partition coefficient (Wildman–Crippen LogP) is 3.19. The van der Waals surface area contributed by atoms with Gasteiger partial charge in [0.15, 0.2) is 0 Å². The van der Waals surface area contributed by atoms with E-state index < -0.39 is 0 Å². The van der Waals surface area contributed by atoms with Gasteiger partial charge in [0, 0.05) is 16.6 Å². The summed E-state index contributed by atoms with van der Waals surface area (Å²) in [5.41, 5.74) is 4.20. The predicted molar refractivity (Wildman–Crippen MR) is 58.3 cm³/mol. The Kier molecular flexibility index (Phi) is 1.84. The number of nitrogens with one attached hydrogen (secondary N) is 1. The van der Waals surface area contributed by atoms with Crippen molar-refractivity contribution in [2.75, 3.05) is 0 Å². The zero-order valence-corrected chi connectivity index (χ0v) is 8.65. The molecule has 2 radical (unpaired) electrons. The van der Waals surface area contributed by atoms with Crippen molar-refractivity contribution in [3.05, 3.63) is 41.2 Å². The Morgan fingerprint density at radius 1 is 1.40 bits per heavy atom. The fraction of sp³-hybridized carbons (Fsp3) is 0.308. The third kappa shape index (κ3) is 1.28. The van der Waals surface area contributed by atoms with Gasteiger partial charge in [0.25, 0.3) is 0 Å². The fourth-order valence-electron chi connectivity index (χ4n) is 2.28. The van der Waals surface area contributed by atoms with Crippen molar-refractivity contribution in [2.24, 2.45) is 0 Å². The van der Waals surface area contributed by atoms with E-state index in [0.29, 0.717) is 0 Å². The highest BCUT2D eigenvalue weighted by Crippen LogP contribution is 2.30. The molecule has 0 aliphatic heterocycles. The number of H-pyrrole nitrogens is 1. The van der Waals surface area contributed by atoms with Crippen LogP contribution in [-0.2, 0) is 12.8 Å². The van der Waals surface area contributed by atoms with Crippen molar-refractivity contribution in [2.45, 2.75) is 26.2 Å². The lowest BCUT2D eigenvalue weighted by molar-refractivity contribution is 0.620. The summed E-state index contributed by atoms with van der Waals surface area (Å²) in [4.78, 5) is 3.30. The van der Waals surface area contributed by atoms with Gasteiger partial charge >= 0.3 is 0 Å². The second-order valence-corrected chi connectivity index (χ2v) is 4.16. The van der Waals surface area contributed by atoms with Crippen molar-refractivity contribution in [3.63, 3.8) is 0 Å². The van der Waals surface area contributed by atoms with Gasteiger partial charge in [-0.3, -0.25) is 0 Å². The van der Waals surface area contributed by atoms with Crippen LogP contribution >= 0.6 is 0 Å². The number of halogens is 1. The molecule has 0 unspecified atom stereocenters. The smallest absolute Gasteiger partial charge is 0.128 e. The number of rotatable bonds is 0. The quantitative estimate of drug-likeness (QED) is 0.673. The molecule has 3 rings (SSSR count). The summed E-state index contributed by atoms with van der Waals surface area (Å²) in [5.74, 6) is -0.131. The highest BCUT2D eigenvalue weighted by atomic mass is 19.1. The lowest BCUT2D eigenvalue weighted by atomic mass is 9.95. The van der Waals surface area contributed by atoms with E-state index in [1.807, 2.05) is 13.0 Å². The van der Waals surface area contributed by atoms with Crippen LogP contribution in [0.15, 0.2) is 12.1 Å². The molecule has 1 N–H and O–H groups in total. The molecule has 1 aliphatic rings. The zero-order chi connectivity index (χ0) is 10.4. The third-order valence-electron chi connectivity index (χ3n) is 3.13. The number of hydrogen-bond donors (Lipinski definition) is 1. The van der Waals surface area contributed by atoms with E-state index in [4.69, 9.17) is 0 Å². The van der Waals surface area contributed by atoms with Crippen LogP contribution in [0.25, 0.3) is 10.9 Å². The molecule has 1 aromatic heterocycles. The maximum absolute atomic E-state index is 13.4. The van der Waals surface area contributed by atoms with Gasteiger partial charge in [0.1, 0.15) is 5.82 Å². The van der Waals surface area contributed by atoms with E-state index in [-0.39, 0.29) is 5.82 Å². The molecule has 0 amide bonds. The summed E-state index contributed by atoms with van der Waals surface area (Å²) in [7, 11) is 0. The van der Waals surface area contributed by atoms with Gasteiger partial charge in [-0.1, -0.05) is 0 Å². The van der Waals surface area contributed by atoms with Crippen LogP contribution in [0, 0.1) is 19.2 Å². The number of fused-ring (bicyclic) bond motifs is 3. The van der Waals surface area contributed by atoms with E-state index in [9.17, 15) is 4.39 Å². The van der Waals surface area contributed by atoms with Gasteiger partial charge in [-0.25, -0.2) is 4.39 Å². The highest BCUT2D eigenvalue weighted by molar-refractivity contribution is 5.85.